The molecule has 1 atom stereocenters. The first kappa shape index (κ1) is 24.5. The van der Waals surface area contributed by atoms with Crippen LogP contribution in [-0.4, -0.2) is 42.1 Å². The van der Waals surface area contributed by atoms with E-state index in [9.17, 15) is 9.59 Å². The Morgan fingerprint density at radius 2 is 2.03 bits per heavy atom. The summed E-state index contributed by atoms with van der Waals surface area (Å²) in [6.45, 7) is 7.34. The van der Waals surface area contributed by atoms with E-state index in [0.717, 1.165) is 36.0 Å². The minimum Gasteiger partial charge on any atom is -0.481 e. The lowest BCUT2D eigenvalue weighted by Crippen LogP contribution is -2.41. The zero-order valence-electron chi connectivity index (χ0n) is 19.5. The lowest BCUT2D eigenvalue weighted by atomic mass is 9.70. The van der Waals surface area contributed by atoms with E-state index in [1.54, 1.807) is 7.11 Å². The monoisotopic (exact) mass is 459 g/mol. The van der Waals surface area contributed by atoms with Gasteiger partial charge in [0.2, 0.25) is 5.91 Å². The highest BCUT2D eigenvalue weighted by molar-refractivity contribution is 6.32. The van der Waals surface area contributed by atoms with E-state index in [1.807, 2.05) is 12.3 Å². The number of benzene rings is 1. The van der Waals surface area contributed by atoms with Crippen molar-refractivity contribution >= 4 is 29.1 Å². The predicted octanol–water partition coefficient (Wildman–Crippen LogP) is 5.82. The van der Waals surface area contributed by atoms with Crippen LogP contribution in [0.15, 0.2) is 36.0 Å². The maximum absolute atomic E-state index is 12.9. The van der Waals surface area contributed by atoms with Crippen molar-refractivity contribution in [3.05, 3.63) is 52.2 Å². The Kier molecular flexibility index (Phi) is 7.51. The van der Waals surface area contributed by atoms with Crippen LogP contribution >= 0.6 is 11.6 Å². The average molecular weight is 460 g/mol. The number of halogens is 1. The molecule has 1 aliphatic carbocycles. The number of rotatable bonds is 8. The second-order valence-electron chi connectivity index (χ2n) is 9.93. The summed E-state index contributed by atoms with van der Waals surface area (Å²) in [4.78, 5) is 25.4. The van der Waals surface area contributed by atoms with E-state index in [2.05, 4.69) is 39.0 Å². The standard InChI is InChI=1S/C26H34ClNO4/c1-25(2)11-7-18(8-12-25)21-6-5-19(15-22(21)27)26(3)16-23(29)28(13-9-24(30)31)17-20(26)10-14-32-4/h5-7,15,17H,8-14,16H2,1-4H3,(H,30,31)/t26-/m0/s1. The number of carbonyl (C=O) groups excluding carboxylic acids is 1. The number of carbonyl (C=O) groups is 2. The molecule has 5 nitrogen and oxygen atoms in total. The van der Waals surface area contributed by atoms with Crippen LogP contribution in [0.25, 0.3) is 5.57 Å². The SMILES string of the molecule is COCCC1=CN(CCC(=O)O)C(=O)C[C@@]1(C)c1ccc(C2=CCC(C)(C)CC2)c(Cl)c1. The number of ether oxygens (including phenoxy) is 1. The van der Waals surface area contributed by atoms with Gasteiger partial charge in [-0.3, -0.25) is 9.59 Å². The quantitative estimate of drug-likeness (QED) is 0.532. The first-order valence-electron chi connectivity index (χ1n) is 11.3. The topological polar surface area (TPSA) is 66.8 Å². The molecule has 2 aliphatic rings. The van der Waals surface area contributed by atoms with Crippen LogP contribution < -0.4 is 0 Å². The van der Waals surface area contributed by atoms with Crippen molar-refractivity contribution in [1.29, 1.82) is 0 Å². The average Bonchev–Trinajstić information content (AvgIpc) is 2.72. The van der Waals surface area contributed by atoms with E-state index in [4.69, 9.17) is 21.4 Å². The third-order valence-corrected chi connectivity index (χ3v) is 7.22. The largest absolute Gasteiger partial charge is 0.481 e. The summed E-state index contributed by atoms with van der Waals surface area (Å²) in [5, 5.41) is 9.72. The van der Waals surface area contributed by atoms with E-state index >= 15 is 0 Å². The van der Waals surface area contributed by atoms with Crippen molar-refractivity contribution in [3.8, 4) is 0 Å². The molecule has 1 aromatic carbocycles. The number of aliphatic carboxylic acids is 1. The highest BCUT2D eigenvalue weighted by Gasteiger charge is 2.39. The van der Waals surface area contributed by atoms with Gasteiger partial charge < -0.3 is 14.7 Å². The van der Waals surface area contributed by atoms with E-state index < -0.39 is 11.4 Å². The molecule has 174 valence electrons. The summed E-state index contributed by atoms with van der Waals surface area (Å²) in [5.41, 5.74) is 4.23. The van der Waals surface area contributed by atoms with Gasteiger partial charge in [-0.25, -0.2) is 0 Å². The molecule has 1 N–H and O–H groups in total. The van der Waals surface area contributed by atoms with Crippen LogP contribution in [0, 0.1) is 5.41 Å². The summed E-state index contributed by atoms with van der Waals surface area (Å²) in [7, 11) is 1.65. The Labute approximate surface area is 196 Å². The number of carboxylic acids is 1. The molecule has 1 aromatic rings. The number of methoxy groups -OCH3 is 1. The van der Waals surface area contributed by atoms with Crippen molar-refractivity contribution in [2.24, 2.45) is 5.41 Å². The second-order valence-corrected chi connectivity index (χ2v) is 10.3. The molecule has 0 unspecified atom stereocenters. The predicted molar refractivity (Wildman–Crippen MR) is 128 cm³/mol. The smallest absolute Gasteiger partial charge is 0.305 e. The molecule has 1 heterocycles. The Morgan fingerprint density at radius 3 is 2.62 bits per heavy atom. The third-order valence-electron chi connectivity index (χ3n) is 6.91. The van der Waals surface area contributed by atoms with Crippen LogP contribution in [0.3, 0.4) is 0 Å². The van der Waals surface area contributed by atoms with E-state index in [0.29, 0.717) is 23.5 Å². The zero-order chi connectivity index (χ0) is 23.5. The van der Waals surface area contributed by atoms with Crippen molar-refractivity contribution in [1.82, 2.24) is 4.90 Å². The number of amides is 1. The number of nitrogens with zero attached hydrogens (tertiary/aromatic N) is 1. The Bertz CT molecular complexity index is 949. The van der Waals surface area contributed by atoms with Gasteiger partial charge in [-0.2, -0.15) is 0 Å². The minimum atomic E-state index is -0.916. The van der Waals surface area contributed by atoms with Gasteiger partial charge in [-0.15, -0.1) is 0 Å². The lowest BCUT2D eigenvalue weighted by Gasteiger charge is -2.39. The normalized spacial score (nSPS) is 23.0. The van der Waals surface area contributed by atoms with Crippen LogP contribution in [0.4, 0.5) is 0 Å². The van der Waals surface area contributed by atoms with Gasteiger partial charge in [-0.1, -0.05) is 50.6 Å². The molecule has 0 saturated carbocycles. The molecule has 3 rings (SSSR count). The van der Waals surface area contributed by atoms with Crippen LogP contribution in [0.5, 0.6) is 0 Å². The van der Waals surface area contributed by atoms with Crippen LogP contribution in [-0.2, 0) is 19.7 Å². The van der Waals surface area contributed by atoms with Gasteiger partial charge in [-0.05, 0) is 59.4 Å². The first-order chi connectivity index (χ1) is 15.1. The Balaban J connectivity index is 1.92. The van der Waals surface area contributed by atoms with Gasteiger partial charge in [0.15, 0.2) is 0 Å². The molecule has 0 bridgehead atoms. The summed E-state index contributed by atoms with van der Waals surface area (Å²) in [5.74, 6) is -0.993. The fourth-order valence-corrected chi connectivity index (χ4v) is 4.91. The number of allylic oxidation sites excluding steroid dienone is 2. The summed E-state index contributed by atoms with van der Waals surface area (Å²) in [6.07, 6.45) is 8.17. The molecule has 0 fully saturated rings. The third kappa shape index (κ3) is 5.44. The first-order valence-corrected chi connectivity index (χ1v) is 11.6. The molecule has 6 heteroatoms. The summed E-state index contributed by atoms with van der Waals surface area (Å²) in [6, 6.07) is 6.17. The molecule has 0 saturated heterocycles. The second kappa shape index (κ2) is 9.80. The van der Waals surface area contributed by atoms with Gasteiger partial charge in [0.25, 0.3) is 0 Å². The summed E-state index contributed by atoms with van der Waals surface area (Å²) < 4.78 is 5.30. The molecule has 0 spiro atoms. The zero-order valence-corrected chi connectivity index (χ0v) is 20.3. The van der Waals surface area contributed by atoms with E-state index in [-0.39, 0.29) is 25.3 Å². The molecular weight excluding hydrogens is 426 g/mol. The maximum Gasteiger partial charge on any atom is 0.305 e. The fourth-order valence-electron chi connectivity index (χ4n) is 4.61. The molecule has 0 radical (unpaired) electrons. The molecular formula is C26H34ClNO4. The Hall–Kier alpha value is -2.11. The highest BCUT2D eigenvalue weighted by atomic mass is 35.5. The van der Waals surface area contributed by atoms with Crippen molar-refractivity contribution in [2.75, 3.05) is 20.3 Å². The number of hydrogen-bond acceptors (Lipinski definition) is 3. The molecule has 0 aromatic heterocycles. The Morgan fingerprint density at radius 1 is 1.28 bits per heavy atom. The van der Waals surface area contributed by atoms with Gasteiger partial charge >= 0.3 is 5.97 Å². The highest BCUT2D eigenvalue weighted by Crippen LogP contribution is 2.44. The summed E-state index contributed by atoms with van der Waals surface area (Å²) >= 11 is 6.77. The molecule has 32 heavy (non-hydrogen) atoms. The van der Waals surface area contributed by atoms with Gasteiger partial charge in [0, 0.05) is 43.3 Å². The number of carboxylic acid groups (broad SMARTS) is 1. The van der Waals surface area contributed by atoms with Crippen molar-refractivity contribution < 1.29 is 19.4 Å². The van der Waals surface area contributed by atoms with Crippen LogP contribution in [0.2, 0.25) is 5.02 Å². The van der Waals surface area contributed by atoms with Crippen LogP contribution in [0.1, 0.15) is 70.4 Å². The van der Waals surface area contributed by atoms with Gasteiger partial charge in [0.05, 0.1) is 6.42 Å². The lowest BCUT2D eigenvalue weighted by molar-refractivity contribution is -0.138. The molecule has 1 amide bonds. The molecule has 1 aliphatic heterocycles. The van der Waals surface area contributed by atoms with Crippen molar-refractivity contribution in [2.45, 2.75) is 64.7 Å². The van der Waals surface area contributed by atoms with Crippen molar-refractivity contribution in [3.63, 3.8) is 0 Å². The maximum atomic E-state index is 12.9. The van der Waals surface area contributed by atoms with Gasteiger partial charge in [0.1, 0.15) is 0 Å². The fraction of sp³-hybridized carbons (Fsp3) is 0.538. The number of hydrogen-bond donors (Lipinski definition) is 1. The van der Waals surface area contributed by atoms with E-state index in [1.165, 1.54) is 10.5 Å². The minimum absolute atomic E-state index is 0.0765.